The lowest BCUT2D eigenvalue weighted by atomic mass is 10.1. The minimum absolute atomic E-state index is 0.0805. The van der Waals surface area contributed by atoms with Gasteiger partial charge in [0.15, 0.2) is 5.75 Å². The molecule has 2 rings (SSSR count). The molecule has 158 valence electrons. The van der Waals surface area contributed by atoms with Crippen molar-refractivity contribution < 1.29 is 37.3 Å². The number of alkyl halides is 3. The van der Waals surface area contributed by atoms with E-state index in [1.807, 2.05) is 0 Å². The van der Waals surface area contributed by atoms with Gasteiger partial charge in [-0.15, -0.1) is 13.2 Å². The topological polar surface area (TPSA) is 88.1 Å². The van der Waals surface area contributed by atoms with E-state index in [4.69, 9.17) is 17.0 Å². The van der Waals surface area contributed by atoms with E-state index < -0.39 is 35.3 Å². The number of ether oxygens (including phenoxy) is 2. The Morgan fingerprint density at radius 1 is 1.24 bits per heavy atom. The number of anilines is 1. The number of aliphatic hydroxyl groups excluding tert-OH is 1. The zero-order chi connectivity index (χ0) is 22.0. The van der Waals surface area contributed by atoms with E-state index in [-0.39, 0.29) is 29.4 Å². The van der Waals surface area contributed by atoms with Crippen molar-refractivity contribution in [2.45, 2.75) is 39.2 Å². The molecule has 2 N–H and O–H groups in total. The Morgan fingerprint density at radius 2 is 1.86 bits per heavy atom. The van der Waals surface area contributed by atoms with Crippen LogP contribution >= 0.6 is 12.2 Å². The number of thiocarbonyl (C=S) groups is 1. The molecule has 0 atom stereocenters. The lowest BCUT2D eigenvalue weighted by molar-refractivity contribution is -0.274. The molecule has 0 bridgehead atoms. The van der Waals surface area contributed by atoms with Crippen LogP contribution in [0.5, 0.6) is 5.75 Å². The number of halogens is 3. The number of benzene rings is 1. The highest BCUT2D eigenvalue weighted by Gasteiger charge is 2.37. The number of hydrogen-bond donors (Lipinski definition) is 2. The lowest BCUT2D eigenvalue weighted by Gasteiger charge is -2.30. The highest BCUT2D eigenvalue weighted by Crippen LogP contribution is 2.31. The molecule has 1 aliphatic heterocycles. The zero-order valence-electron chi connectivity index (χ0n) is 15.8. The fourth-order valence-corrected chi connectivity index (χ4v) is 2.71. The standard InChI is InChI=1S/C18H19F3N2O5S/c1-17(2,3)28-16(26)23-9-8-11(24)13(15(23)25)14(29)22-10-6-4-5-7-12(10)27-18(19,20)21/h4-7,24H,8-9H2,1-3H3,(H,22,29). The Bertz CT molecular complexity index is 862. The summed E-state index contributed by atoms with van der Waals surface area (Å²) in [6.07, 6.45) is -5.94. The van der Waals surface area contributed by atoms with Crippen LogP contribution in [0.4, 0.5) is 23.7 Å². The maximum Gasteiger partial charge on any atom is 0.573 e. The fourth-order valence-electron chi connectivity index (χ4n) is 2.39. The molecule has 0 radical (unpaired) electrons. The minimum atomic E-state index is -4.94. The van der Waals surface area contributed by atoms with Crippen molar-refractivity contribution >= 4 is 34.9 Å². The van der Waals surface area contributed by atoms with Crippen LogP contribution in [0.15, 0.2) is 35.6 Å². The van der Waals surface area contributed by atoms with Gasteiger partial charge in [-0.3, -0.25) is 4.79 Å². The Balaban J connectivity index is 2.24. The molecule has 1 aromatic carbocycles. The van der Waals surface area contributed by atoms with Crippen LogP contribution in [0.1, 0.15) is 27.2 Å². The predicted octanol–water partition coefficient (Wildman–Crippen LogP) is 4.30. The third-order valence-electron chi connectivity index (χ3n) is 3.52. The summed E-state index contributed by atoms with van der Waals surface area (Å²) in [6.45, 7) is 4.74. The van der Waals surface area contributed by atoms with Crippen LogP contribution in [0.3, 0.4) is 0 Å². The average molecular weight is 432 g/mol. The Morgan fingerprint density at radius 3 is 2.45 bits per heavy atom. The number of imide groups is 1. The van der Waals surface area contributed by atoms with Gasteiger partial charge in [0.05, 0.1) is 5.69 Å². The molecule has 0 aliphatic carbocycles. The third kappa shape index (κ3) is 6.08. The maximum atomic E-state index is 12.7. The highest BCUT2D eigenvalue weighted by atomic mass is 32.1. The highest BCUT2D eigenvalue weighted by molar-refractivity contribution is 7.81. The van der Waals surface area contributed by atoms with E-state index in [2.05, 4.69) is 10.1 Å². The van der Waals surface area contributed by atoms with Crippen molar-refractivity contribution in [1.29, 1.82) is 0 Å². The molecule has 1 aliphatic rings. The first-order chi connectivity index (χ1) is 13.3. The van der Waals surface area contributed by atoms with Gasteiger partial charge in [-0.05, 0) is 32.9 Å². The summed E-state index contributed by atoms with van der Waals surface area (Å²) in [7, 11) is 0. The molecule has 29 heavy (non-hydrogen) atoms. The molecule has 0 fully saturated rings. The number of hydrogen-bond acceptors (Lipinski definition) is 6. The molecule has 0 unspecified atom stereocenters. The summed E-state index contributed by atoms with van der Waals surface area (Å²) in [5.74, 6) is -1.88. The van der Waals surface area contributed by atoms with Crippen molar-refractivity contribution in [3.05, 3.63) is 35.6 Å². The molecule has 2 amide bonds. The van der Waals surface area contributed by atoms with Crippen LogP contribution in [-0.4, -0.2) is 45.5 Å². The predicted molar refractivity (Wildman–Crippen MR) is 102 cm³/mol. The molecule has 0 aromatic heterocycles. The van der Waals surface area contributed by atoms with Gasteiger partial charge in [-0.1, -0.05) is 24.4 Å². The van der Waals surface area contributed by atoms with Crippen LogP contribution in [0.2, 0.25) is 0 Å². The Kier molecular flexibility index (Phi) is 6.41. The summed E-state index contributed by atoms with van der Waals surface area (Å²) in [4.78, 5) is 25.3. The number of carbonyl (C=O) groups is 2. The molecular weight excluding hydrogens is 413 g/mol. The summed E-state index contributed by atoms with van der Waals surface area (Å²) in [5.41, 5.74) is -1.43. The van der Waals surface area contributed by atoms with E-state index in [0.717, 1.165) is 11.0 Å². The molecule has 7 nitrogen and oxygen atoms in total. The van der Waals surface area contributed by atoms with Gasteiger partial charge in [0.1, 0.15) is 21.9 Å². The third-order valence-corrected chi connectivity index (χ3v) is 3.83. The second-order valence-corrected chi connectivity index (χ2v) is 7.42. The maximum absolute atomic E-state index is 12.7. The number of amides is 2. The van der Waals surface area contributed by atoms with E-state index in [9.17, 15) is 27.9 Å². The largest absolute Gasteiger partial charge is 0.573 e. The molecule has 0 saturated carbocycles. The summed E-state index contributed by atoms with van der Waals surface area (Å²) >= 11 is 5.09. The summed E-state index contributed by atoms with van der Waals surface area (Å²) < 4.78 is 46.8. The van der Waals surface area contributed by atoms with Gasteiger partial charge in [0.25, 0.3) is 5.91 Å². The van der Waals surface area contributed by atoms with Crippen molar-refractivity contribution in [3.8, 4) is 5.75 Å². The van der Waals surface area contributed by atoms with Gasteiger partial charge in [0, 0.05) is 13.0 Å². The number of aliphatic hydroxyl groups is 1. The number of para-hydroxylation sites is 2. The van der Waals surface area contributed by atoms with Crippen LogP contribution in [-0.2, 0) is 9.53 Å². The van der Waals surface area contributed by atoms with Gasteiger partial charge in [0.2, 0.25) is 0 Å². The van der Waals surface area contributed by atoms with Crippen LogP contribution in [0.25, 0.3) is 0 Å². The van der Waals surface area contributed by atoms with E-state index in [1.54, 1.807) is 20.8 Å². The smallest absolute Gasteiger partial charge is 0.511 e. The number of rotatable bonds is 3. The van der Waals surface area contributed by atoms with Crippen molar-refractivity contribution in [2.24, 2.45) is 0 Å². The first-order valence-electron chi connectivity index (χ1n) is 8.41. The Hall–Kier alpha value is -2.82. The first kappa shape index (κ1) is 22.5. The van der Waals surface area contributed by atoms with Crippen molar-refractivity contribution in [1.82, 2.24) is 4.90 Å². The first-order valence-corrected chi connectivity index (χ1v) is 8.82. The van der Waals surface area contributed by atoms with Crippen LogP contribution < -0.4 is 10.1 Å². The van der Waals surface area contributed by atoms with Crippen molar-refractivity contribution in [2.75, 3.05) is 11.9 Å². The number of nitrogens with zero attached hydrogens (tertiary/aromatic N) is 1. The number of nitrogens with one attached hydrogen (secondary N) is 1. The monoisotopic (exact) mass is 432 g/mol. The van der Waals surface area contributed by atoms with Gasteiger partial charge in [-0.2, -0.15) is 0 Å². The lowest BCUT2D eigenvalue weighted by Crippen LogP contribution is -2.46. The molecular formula is C18H19F3N2O5S. The fraction of sp³-hybridized carbons (Fsp3) is 0.389. The van der Waals surface area contributed by atoms with Crippen LogP contribution in [0, 0.1) is 0 Å². The van der Waals surface area contributed by atoms with E-state index in [1.165, 1.54) is 18.2 Å². The zero-order valence-corrected chi connectivity index (χ0v) is 16.6. The van der Waals surface area contributed by atoms with Gasteiger partial charge >= 0.3 is 12.5 Å². The molecule has 11 heteroatoms. The second-order valence-electron chi connectivity index (χ2n) is 7.01. The second kappa shape index (κ2) is 8.27. The molecule has 0 spiro atoms. The SMILES string of the molecule is CC(C)(C)OC(=O)N1CCC(O)=C(C(=S)Nc2ccccc2OC(F)(F)F)C1=O. The van der Waals surface area contributed by atoms with Crippen molar-refractivity contribution in [3.63, 3.8) is 0 Å². The summed E-state index contributed by atoms with van der Waals surface area (Å²) in [5, 5.41) is 12.6. The normalized spacial score (nSPS) is 15.2. The molecule has 1 heterocycles. The van der Waals surface area contributed by atoms with E-state index >= 15 is 0 Å². The average Bonchev–Trinajstić information content (AvgIpc) is 2.53. The minimum Gasteiger partial charge on any atom is -0.511 e. The number of carbonyl (C=O) groups excluding carboxylic acids is 2. The quantitative estimate of drug-likeness (QED) is 0.689. The van der Waals surface area contributed by atoms with Gasteiger partial charge in [-0.25, -0.2) is 9.69 Å². The molecule has 1 aromatic rings. The summed E-state index contributed by atoms with van der Waals surface area (Å²) in [6, 6.07) is 5.06. The molecule has 0 saturated heterocycles. The van der Waals surface area contributed by atoms with Gasteiger partial charge < -0.3 is 19.9 Å². The Labute approximate surface area is 170 Å². The van der Waals surface area contributed by atoms with E-state index in [0.29, 0.717) is 0 Å².